The van der Waals surface area contributed by atoms with Crippen molar-refractivity contribution in [3.05, 3.63) is 0 Å². The molecule has 3 fully saturated rings. The Bertz CT molecular complexity index is 300. The standard InChI is InChI=1S/C21H39N/c1-2-6-10-14-20-16-18(12-8-4-1)19-13-9-5-3-7-11-15-21(17-19)22-20/h18-22H,1-17H2/t18?,19-,20?,21?/m0/s1. The Morgan fingerprint density at radius 2 is 0.773 bits per heavy atom. The van der Waals surface area contributed by atoms with Crippen molar-refractivity contribution < 1.29 is 0 Å². The molecular formula is C21H39N. The zero-order valence-corrected chi connectivity index (χ0v) is 14.8. The van der Waals surface area contributed by atoms with Gasteiger partial charge in [0.2, 0.25) is 0 Å². The fourth-order valence-corrected chi connectivity index (χ4v) is 5.53. The minimum absolute atomic E-state index is 0.846. The van der Waals surface area contributed by atoms with E-state index in [2.05, 4.69) is 5.32 Å². The summed E-state index contributed by atoms with van der Waals surface area (Å²) in [5.41, 5.74) is 0. The molecule has 0 spiro atoms. The van der Waals surface area contributed by atoms with Gasteiger partial charge in [-0.1, -0.05) is 83.5 Å². The second-order valence-electron chi connectivity index (χ2n) is 8.60. The molecule has 1 heteroatoms. The largest absolute Gasteiger partial charge is 0.311 e. The molecule has 0 aromatic rings. The summed E-state index contributed by atoms with van der Waals surface area (Å²) in [6.45, 7) is 0. The maximum absolute atomic E-state index is 4.13. The first-order valence-corrected chi connectivity index (χ1v) is 10.7. The van der Waals surface area contributed by atoms with Gasteiger partial charge in [-0.2, -0.15) is 0 Å². The highest BCUT2D eigenvalue weighted by Gasteiger charge is 2.31. The van der Waals surface area contributed by atoms with Crippen LogP contribution in [-0.2, 0) is 0 Å². The number of hydrogen-bond acceptors (Lipinski definition) is 1. The molecule has 1 aliphatic heterocycles. The van der Waals surface area contributed by atoms with Crippen LogP contribution in [0.2, 0.25) is 0 Å². The monoisotopic (exact) mass is 305 g/mol. The summed E-state index contributed by atoms with van der Waals surface area (Å²) in [6, 6.07) is 1.69. The summed E-state index contributed by atoms with van der Waals surface area (Å²) in [5.74, 6) is 2.08. The third-order valence-electron chi connectivity index (χ3n) is 6.82. The molecule has 2 saturated carbocycles. The van der Waals surface area contributed by atoms with Crippen molar-refractivity contribution in [2.24, 2.45) is 11.8 Å². The minimum atomic E-state index is 0.846. The second kappa shape index (κ2) is 9.30. The quantitative estimate of drug-likeness (QED) is 0.560. The van der Waals surface area contributed by atoms with E-state index in [0.717, 1.165) is 23.9 Å². The predicted octanol–water partition coefficient (Wildman–Crippen LogP) is 6.22. The molecule has 1 saturated heterocycles. The van der Waals surface area contributed by atoms with Gasteiger partial charge >= 0.3 is 0 Å². The van der Waals surface area contributed by atoms with Crippen LogP contribution in [0.3, 0.4) is 0 Å². The Morgan fingerprint density at radius 1 is 0.409 bits per heavy atom. The predicted molar refractivity (Wildman–Crippen MR) is 96.2 cm³/mol. The molecule has 22 heavy (non-hydrogen) atoms. The maximum Gasteiger partial charge on any atom is 0.00723 e. The van der Waals surface area contributed by atoms with Gasteiger partial charge in [-0.3, -0.25) is 0 Å². The van der Waals surface area contributed by atoms with E-state index < -0.39 is 0 Å². The van der Waals surface area contributed by atoms with Gasteiger partial charge in [0.1, 0.15) is 0 Å². The van der Waals surface area contributed by atoms with Crippen molar-refractivity contribution in [1.82, 2.24) is 5.32 Å². The van der Waals surface area contributed by atoms with E-state index >= 15 is 0 Å². The second-order valence-corrected chi connectivity index (χ2v) is 8.60. The molecular weight excluding hydrogens is 266 g/mol. The molecule has 1 nitrogen and oxygen atoms in total. The van der Waals surface area contributed by atoms with Crippen LogP contribution in [0, 0.1) is 11.8 Å². The van der Waals surface area contributed by atoms with Crippen molar-refractivity contribution in [1.29, 1.82) is 0 Å². The van der Waals surface area contributed by atoms with Crippen LogP contribution < -0.4 is 5.32 Å². The van der Waals surface area contributed by atoms with Gasteiger partial charge in [0.15, 0.2) is 0 Å². The first kappa shape index (κ1) is 16.8. The average Bonchev–Trinajstić information content (AvgIpc) is 2.71. The summed E-state index contributed by atoms with van der Waals surface area (Å²) in [7, 11) is 0. The third kappa shape index (κ3) is 5.25. The normalized spacial score (nSPS) is 39.3. The van der Waals surface area contributed by atoms with E-state index in [1.807, 2.05) is 0 Å². The Labute approximate surface area is 139 Å². The van der Waals surface area contributed by atoms with Crippen LogP contribution in [0.1, 0.15) is 109 Å². The Morgan fingerprint density at radius 3 is 1.23 bits per heavy atom. The highest BCUT2D eigenvalue weighted by Crippen LogP contribution is 2.37. The van der Waals surface area contributed by atoms with Gasteiger partial charge in [0, 0.05) is 12.1 Å². The first-order valence-electron chi connectivity index (χ1n) is 10.7. The van der Waals surface area contributed by atoms with Gasteiger partial charge < -0.3 is 5.32 Å². The fraction of sp³-hybridized carbons (Fsp3) is 1.00. The summed E-state index contributed by atoms with van der Waals surface area (Å²) >= 11 is 0. The van der Waals surface area contributed by atoms with E-state index in [0.29, 0.717) is 0 Å². The van der Waals surface area contributed by atoms with E-state index in [1.54, 1.807) is 0 Å². The molecule has 0 aromatic heterocycles. The highest BCUT2D eigenvalue weighted by molar-refractivity contribution is 4.88. The van der Waals surface area contributed by atoms with Crippen molar-refractivity contribution in [2.75, 3.05) is 0 Å². The van der Waals surface area contributed by atoms with Crippen LogP contribution in [0.5, 0.6) is 0 Å². The van der Waals surface area contributed by atoms with E-state index in [-0.39, 0.29) is 0 Å². The Kier molecular flexibility index (Phi) is 7.11. The molecule has 3 aliphatic rings. The number of hydrogen-bond donors (Lipinski definition) is 1. The van der Waals surface area contributed by atoms with Crippen molar-refractivity contribution in [3.63, 3.8) is 0 Å². The lowest BCUT2D eigenvalue weighted by Gasteiger charge is -2.28. The molecule has 128 valence electrons. The minimum Gasteiger partial charge on any atom is -0.311 e. The summed E-state index contributed by atoms with van der Waals surface area (Å²) < 4.78 is 0. The molecule has 3 unspecified atom stereocenters. The average molecular weight is 306 g/mol. The smallest absolute Gasteiger partial charge is 0.00723 e. The van der Waals surface area contributed by atoms with E-state index in [4.69, 9.17) is 0 Å². The molecule has 2 aliphatic carbocycles. The molecule has 1 heterocycles. The van der Waals surface area contributed by atoms with Gasteiger partial charge in [-0.25, -0.2) is 0 Å². The summed E-state index contributed by atoms with van der Waals surface area (Å²) in [6.07, 6.45) is 25.4. The van der Waals surface area contributed by atoms with Crippen LogP contribution in [0.15, 0.2) is 0 Å². The molecule has 4 bridgehead atoms. The van der Waals surface area contributed by atoms with Crippen LogP contribution in [0.4, 0.5) is 0 Å². The zero-order chi connectivity index (χ0) is 15.0. The lowest BCUT2D eigenvalue weighted by molar-refractivity contribution is 0.247. The molecule has 4 atom stereocenters. The maximum atomic E-state index is 4.13. The first-order chi connectivity index (χ1) is 10.9. The van der Waals surface area contributed by atoms with Crippen LogP contribution >= 0.6 is 0 Å². The van der Waals surface area contributed by atoms with Gasteiger partial charge in [-0.05, 0) is 37.5 Å². The molecule has 1 N–H and O–H groups in total. The van der Waals surface area contributed by atoms with Gasteiger partial charge in [0.25, 0.3) is 0 Å². The fourth-order valence-electron chi connectivity index (χ4n) is 5.53. The van der Waals surface area contributed by atoms with Crippen molar-refractivity contribution in [2.45, 2.75) is 121 Å². The van der Waals surface area contributed by atoms with Crippen molar-refractivity contribution >= 4 is 0 Å². The number of fused-ring (bicyclic) bond motifs is 5. The third-order valence-corrected chi connectivity index (χ3v) is 6.82. The Balaban J connectivity index is 1.69. The van der Waals surface area contributed by atoms with E-state index in [9.17, 15) is 0 Å². The zero-order valence-electron chi connectivity index (χ0n) is 14.8. The number of rotatable bonds is 0. The topological polar surface area (TPSA) is 12.0 Å². The van der Waals surface area contributed by atoms with Gasteiger partial charge in [-0.15, -0.1) is 0 Å². The van der Waals surface area contributed by atoms with Crippen molar-refractivity contribution in [3.8, 4) is 0 Å². The molecule has 0 radical (unpaired) electrons. The molecule has 0 amide bonds. The van der Waals surface area contributed by atoms with Crippen LogP contribution in [-0.4, -0.2) is 12.1 Å². The molecule has 0 aromatic carbocycles. The molecule has 3 rings (SSSR count). The lowest BCUT2D eigenvalue weighted by Crippen LogP contribution is -2.37. The number of nitrogens with one attached hydrogen (secondary N) is 1. The lowest BCUT2D eigenvalue weighted by atomic mass is 9.77. The highest BCUT2D eigenvalue weighted by atomic mass is 15.0. The van der Waals surface area contributed by atoms with E-state index in [1.165, 1.54) is 109 Å². The van der Waals surface area contributed by atoms with Gasteiger partial charge in [0.05, 0.1) is 0 Å². The van der Waals surface area contributed by atoms with Crippen LogP contribution in [0.25, 0.3) is 0 Å². The summed E-state index contributed by atoms with van der Waals surface area (Å²) in [5, 5.41) is 4.13. The SMILES string of the molecule is C1CCCCC2CC(CCC1)NC1CCCCCCC[C@H]2C1. The summed E-state index contributed by atoms with van der Waals surface area (Å²) in [4.78, 5) is 0. The Hall–Kier alpha value is -0.0400.